The quantitative estimate of drug-likeness (QED) is 0.631. The molecular formula is C16H18ClNO4. The van der Waals surface area contributed by atoms with Crippen LogP contribution in [0.1, 0.15) is 19.4 Å². The van der Waals surface area contributed by atoms with E-state index in [1.54, 1.807) is 19.9 Å². The van der Waals surface area contributed by atoms with E-state index in [1.807, 2.05) is 30.3 Å². The lowest BCUT2D eigenvalue weighted by Gasteiger charge is -2.31. The maximum Gasteiger partial charge on any atom is 0.412 e. The minimum atomic E-state index is -0.807. The lowest BCUT2D eigenvalue weighted by Crippen LogP contribution is -2.47. The largest absolute Gasteiger partial charge is 0.444 e. The lowest BCUT2D eigenvalue weighted by atomic mass is 10.2. The zero-order chi connectivity index (χ0) is 16.2. The van der Waals surface area contributed by atoms with Gasteiger partial charge in [-0.25, -0.2) is 4.79 Å². The summed E-state index contributed by atoms with van der Waals surface area (Å²) in [5.41, 5.74) is 0.0924. The Bertz CT molecular complexity index is 571. The van der Waals surface area contributed by atoms with Gasteiger partial charge in [0.2, 0.25) is 5.24 Å². The molecule has 0 bridgehead atoms. The predicted molar refractivity (Wildman–Crippen MR) is 82.3 cm³/mol. The number of rotatable bonds is 4. The SMILES string of the molecule is CC1(C)OC[C@@H](/C=C/C(=O)Cl)N1C(=O)OCc1ccccc1. The zero-order valence-corrected chi connectivity index (χ0v) is 13.2. The number of hydrogen-bond acceptors (Lipinski definition) is 4. The van der Waals surface area contributed by atoms with Crippen LogP contribution in [0.5, 0.6) is 0 Å². The maximum absolute atomic E-state index is 12.4. The monoisotopic (exact) mass is 323 g/mol. The van der Waals surface area contributed by atoms with E-state index in [4.69, 9.17) is 21.1 Å². The fourth-order valence-electron chi connectivity index (χ4n) is 2.31. The standard InChI is InChI=1S/C16H18ClNO4/c1-16(2)18(13(11-22-16)8-9-14(17)19)15(20)21-10-12-6-4-3-5-7-12/h3-9,13H,10-11H2,1-2H3/b9-8+/t13-/m1/s1. The first-order chi connectivity index (χ1) is 10.4. The van der Waals surface area contributed by atoms with E-state index < -0.39 is 17.1 Å². The first-order valence-electron chi connectivity index (χ1n) is 6.92. The molecule has 5 nitrogen and oxygen atoms in total. The molecule has 1 saturated heterocycles. The number of nitrogens with zero attached hydrogens (tertiary/aromatic N) is 1. The molecule has 0 N–H and O–H groups in total. The van der Waals surface area contributed by atoms with Gasteiger partial charge in [-0.1, -0.05) is 36.4 Å². The van der Waals surface area contributed by atoms with Crippen molar-refractivity contribution in [3.63, 3.8) is 0 Å². The van der Waals surface area contributed by atoms with Crippen molar-refractivity contribution in [1.29, 1.82) is 0 Å². The molecule has 2 rings (SSSR count). The van der Waals surface area contributed by atoms with Gasteiger partial charge in [0.1, 0.15) is 12.3 Å². The second kappa shape index (κ2) is 6.94. The Morgan fingerprint density at radius 1 is 1.41 bits per heavy atom. The van der Waals surface area contributed by atoms with Crippen LogP contribution >= 0.6 is 11.6 Å². The molecule has 1 aliphatic heterocycles. The van der Waals surface area contributed by atoms with Gasteiger partial charge in [0, 0.05) is 0 Å². The number of halogens is 1. The van der Waals surface area contributed by atoms with Crippen LogP contribution in [0.15, 0.2) is 42.5 Å². The highest BCUT2D eigenvalue weighted by molar-refractivity contribution is 6.66. The van der Waals surface area contributed by atoms with E-state index in [2.05, 4.69) is 0 Å². The van der Waals surface area contributed by atoms with Gasteiger partial charge >= 0.3 is 6.09 Å². The molecule has 0 spiro atoms. The highest BCUT2D eigenvalue weighted by Crippen LogP contribution is 2.29. The molecule has 1 fully saturated rings. The minimum Gasteiger partial charge on any atom is -0.444 e. The van der Waals surface area contributed by atoms with Gasteiger partial charge in [-0.2, -0.15) is 0 Å². The molecule has 1 aliphatic rings. The van der Waals surface area contributed by atoms with Crippen LogP contribution in [-0.2, 0) is 20.9 Å². The van der Waals surface area contributed by atoms with E-state index >= 15 is 0 Å². The predicted octanol–water partition coefficient (Wildman–Crippen LogP) is 3.08. The summed E-state index contributed by atoms with van der Waals surface area (Å²) in [6.07, 6.45) is 2.27. The first-order valence-corrected chi connectivity index (χ1v) is 7.29. The summed E-state index contributed by atoms with van der Waals surface area (Å²) in [4.78, 5) is 24.7. The van der Waals surface area contributed by atoms with E-state index in [1.165, 1.54) is 11.0 Å². The third-order valence-electron chi connectivity index (χ3n) is 3.37. The van der Waals surface area contributed by atoms with Gasteiger partial charge in [-0.05, 0) is 37.1 Å². The van der Waals surface area contributed by atoms with E-state index in [0.29, 0.717) is 0 Å². The normalized spacial score (nSPS) is 20.3. The maximum atomic E-state index is 12.4. The van der Waals surface area contributed by atoms with Gasteiger partial charge < -0.3 is 9.47 Å². The van der Waals surface area contributed by atoms with Crippen molar-refractivity contribution in [1.82, 2.24) is 4.90 Å². The van der Waals surface area contributed by atoms with Crippen molar-refractivity contribution in [2.45, 2.75) is 32.2 Å². The number of amides is 1. The molecule has 1 aromatic rings. The van der Waals surface area contributed by atoms with Gasteiger partial charge in [0.25, 0.3) is 0 Å². The molecule has 0 unspecified atom stereocenters. The summed E-state index contributed by atoms with van der Waals surface area (Å²) < 4.78 is 10.9. The van der Waals surface area contributed by atoms with Crippen LogP contribution in [0.4, 0.5) is 4.79 Å². The van der Waals surface area contributed by atoms with E-state index in [0.717, 1.165) is 5.56 Å². The van der Waals surface area contributed by atoms with Gasteiger partial charge in [-0.15, -0.1) is 0 Å². The Labute approximate surface area is 134 Å². The third kappa shape index (κ3) is 4.08. The van der Waals surface area contributed by atoms with Crippen LogP contribution in [0.2, 0.25) is 0 Å². The molecule has 1 atom stereocenters. The highest BCUT2D eigenvalue weighted by atomic mass is 35.5. The smallest absolute Gasteiger partial charge is 0.412 e. The Balaban J connectivity index is 2.05. The third-order valence-corrected chi connectivity index (χ3v) is 3.50. The number of allylic oxidation sites excluding steroid dienone is 1. The van der Waals surface area contributed by atoms with Crippen LogP contribution in [0, 0.1) is 0 Å². The lowest BCUT2D eigenvalue weighted by molar-refractivity contribution is -0.107. The molecular weight excluding hydrogens is 306 g/mol. The van der Waals surface area contributed by atoms with Crippen LogP contribution < -0.4 is 0 Å². The fourth-order valence-corrected chi connectivity index (χ4v) is 2.38. The Morgan fingerprint density at radius 3 is 2.73 bits per heavy atom. The van der Waals surface area contributed by atoms with E-state index in [-0.39, 0.29) is 19.3 Å². The molecule has 118 valence electrons. The Hall–Kier alpha value is -1.85. The molecule has 1 aromatic carbocycles. The topological polar surface area (TPSA) is 55.8 Å². The van der Waals surface area contributed by atoms with Crippen molar-refractivity contribution >= 4 is 22.9 Å². The summed E-state index contributed by atoms with van der Waals surface area (Å²) in [6, 6.07) is 9.02. The van der Waals surface area contributed by atoms with Crippen LogP contribution in [0.25, 0.3) is 0 Å². The number of hydrogen-bond donors (Lipinski definition) is 0. The van der Waals surface area contributed by atoms with Gasteiger partial charge in [0.05, 0.1) is 12.6 Å². The highest BCUT2D eigenvalue weighted by Gasteiger charge is 2.43. The van der Waals surface area contributed by atoms with Crippen molar-refractivity contribution in [3.8, 4) is 0 Å². The van der Waals surface area contributed by atoms with Crippen molar-refractivity contribution in [2.75, 3.05) is 6.61 Å². The number of benzene rings is 1. The zero-order valence-electron chi connectivity index (χ0n) is 12.5. The minimum absolute atomic E-state index is 0.178. The fraction of sp³-hybridized carbons (Fsp3) is 0.375. The van der Waals surface area contributed by atoms with Crippen molar-refractivity contribution in [2.24, 2.45) is 0 Å². The van der Waals surface area contributed by atoms with Gasteiger partial charge in [0.15, 0.2) is 0 Å². The van der Waals surface area contributed by atoms with Crippen LogP contribution in [0.3, 0.4) is 0 Å². The molecule has 0 radical (unpaired) electrons. The molecule has 0 aromatic heterocycles. The molecule has 6 heteroatoms. The second-order valence-corrected chi connectivity index (χ2v) is 5.77. The molecule has 22 heavy (non-hydrogen) atoms. The molecule has 0 saturated carbocycles. The number of ether oxygens (including phenoxy) is 2. The molecule has 0 aliphatic carbocycles. The van der Waals surface area contributed by atoms with Crippen molar-refractivity contribution in [3.05, 3.63) is 48.0 Å². The van der Waals surface area contributed by atoms with Crippen molar-refractivity contribution < 1.29 is 19.1 Å². The average molecular weight is 324 g/mol. The average Bonchev–Trinajstić information content (AvgIpc) is 2.78. The summed E-state index contributed by atoms with van der Waals surface area (Å²) in [7, 11) is 0. The Morgan fingerprint density at radius 2 is 2.09 bits per heavy atom. The second-order valence-electron chi connectivity index (χ2n) is 5.40. The number of carbonyl (C=O) groups is 2. The summed E-state index contributed by atoms with van der Waals surface area (Å²) in [5, 5.41) is -0.595. The van der Waals surface area contributed by atoms with Crippen LogP contribution in [-0.4, -0.2) is 34.6 Å². The molecule has 1 heterocycles. The number of carbonyl (C=O) groups excluding carboxylic acids is 2. The Kier molecular flexibility index (Phi) is 5.21. The molecule has 1 amide bonds. The summed E-state index contributed by atoms with van der Waals surface area (Å²) in [5.74, 6) is 0. The summed E-state index contributed by atoms with van der Waals surface area (Å²) in [6.45, 7) is 4.01. The van der Waals surface area contributed by atoms with E-state index in [9.17, 15) is 9.59 Å². The summed E-state index contributed by atoms with van der Waals surface area (Å²) >= 11 is 5.29. The first kappa shape index (κ1) is 16.5. The van der Waals surface area contributed by atoms with Gasteiger partial charge in [-0.3, -0.25) is 9.69 Å².